The number of nitrogens with one attached hydrogen (secondary N) is 2. The fourth-order valence-corrected chi connectivity index (χ4v) is 1.40. The fourth-order valence-electron chi connectivity index (χ4n) is 1.40. The summed E-state index contributed by atoms with van der Waals surface area (Å²) in [6.45, 7) is 0. The van der Waals surface area contributed by atoms with Gasteiger partial charge in [-0.1, -0.05) is 0 Å². The molecule has 2 heterocycles. The maximum Gasteiger partial charge on any atom is 0.431 e. The highest BCUT2D eigenvalue weighted by molar-refractivity contribution is 5.88. The Balaban J connectivity index is 2.37. The number of hydrogen-bond donors (Lipinski definition) is 2. The zero-order valence-corrected chi connectivity index (χ0v) is 9.13. The molecule has 0 radical (unpaired) electrons. The van der Waals surface area contributed by atoms with Gasteiger partial charge >= 0.3 is 12.3 Å². The molecule has 18 heavy (non-hydrogen) atoms. The van der Waals surface area contributed by atoms with Crippen LogP contribution >= 0.6 is 0 Å². The Morgan fingerprint density at radius 3 is 2.78 bits per heavy atom. The van der Waals surface area contributed by atoms with Crippen molar-refractivity contribution in [1.29, 1.82) is 0 Å². The summed E-state index contributed by atoms with van der Waals surface area (Å²) in [6, 6.07) is 2.24. The highest BCUT2D eigenvalue weighted by atomic mass is 19.4. The topological polar surface area (TPSA) is 67.0 Å². The number of halogens is 3. The molecule has 0 bridgehead atoms. The van der Waals surface area contributed by atoms with E-state index in [1.807, 2.05) is 0 Å². The number of ether oxygens (including phenoxy) is 1. The highest BCUT2D eigenvalue weighted by Gasteiger charge is 2.32. The van der Waals surface area contributed by atoms with Gasteiger partial charge < -0.3 is 9.72 Å². The van der Waals surface area contributed by atoms with Crippen LogP contribution in [0.3, 0.4) is 0 Å². The first-order valence-corrected chi connectivity index (χ1v) is 4.81. The van der Waals surface area contributed by atoms with E-state index in [1.54, 1.807) is 0 Å². The Labute approximate surface area is 99.0 Å². The number of H-pyrrole nitrogens is 1. The molecule has 1 amide bonds. The third-order valence-corrected chi connectivity index (χ3v) is 2.22. The normalized spacial score (nSPS) is 11.6. The van der Waals surface area contributed by atoms with E-state index in [-0.39, 0.29) is 11.3 Å². The minimum atomic E-state index is -4.45. The van der Waals surface area contributed by atoms with Gasteiger partial charge in [0.25, 0.3) is 0 Å². The van der Waals surface area contributed by atoms with E-state index >= 15 is 0 Å². The number of rotatable bonds is 1. The average Bonchev–Trinajstić information content (AvgIpc) is 2.71. The van der Waals surface area contributed by atoms with E-state index in [9.17, 15) is 18.0 Å². The van der Waals surface area contributed by atoms with Crippen LogP contribution in [0.25, 0.3) is 10.9 Å². The molecule has 0 spiro atoms. The number of aromatic nitrogens is 2. The Morgan fingerprint density at radius 2 is 2.17 bits per heavy atom. The maximum atomic E-state index is 12.4. The first-order chi connectivity index (χ1) is 8.40. The molecule has 2 aromatic heterocycles. The summed E-state index contributed by atoms with van der Waals surface area (Å²) in [5, 5.41) is 2.56. The fraction of sp³-hybridized carbons (Fsp3) is 0.200. The maximum absolute atomic E-state index is 12.4. The van der Waals surface area contributed by atoms with Crippen LogP contribution in [0.5, 0.6) is 0 Å². The zero-order chi connectivity index (χ0) is 13.3. The van der Waals surface area contributed by atoms with Gasteiger partial charge in [0.05, 0.1) is 12.6 Å². The minimum Gasteiger partial charge on any atom is -0.453 e. The summed E-state index contributed by atoms with van der Waals surface area (Å²) in [5.74, 6) is 0.102. The van der Waals surface area contributed by atoms with Gasteiger partial charge in [-0.2, -0.15) is 13.2 Å². The second-order valence-corrected chi connectivity index (χ2v) is 3.45. The van der Waals surface area contributed by atoms with E-state index < -0.39 is 18.0 Å². The van der Waals surface area contributed by atoms with Crippen LogP contribution in [0.2, 0.25) is 0 Å². The number of carbonyl (C=O) groups excluding carboxylic acids is 1. The molecule has 0 atom stereocenters. The number of pyridine rings is 1. The van der Waals surface area contributed by atoms with Crippen molar-refractivity contribution >= 4 is 22.8 Å². The molecule has 5 nitrogen and oxygen atoms in total. The Hall–Kier alpha value is -2.25. The molecule has 0 aliphatic carbocycles. The summed E-state index contributed by atoms with van der Waals surface area (Å²) in [4.78, 5) is 16.9. The van der Waals surface area contributed by atoms with Crippen molar-refractivity contribution < 1.29 is 22.7 Å². The molecule has 96 valence electrons. The average molecular weight is 259 g/mol. The lowest BCUT2D eigenvalue weighted by molar-refractivity contribution is -0.140. The van der Waals surface area contributed by atoms with Crippen molar-refractivity contribution in [2.45, 2.75) is 6.18 Å². The molecular weight excluding hydrogens is 251 g/mol. The van der Waals surface area contributed by atoms with Crippen LogP contribution in [0.4, 0.5) is 23.8 Å². The van der Waals surface area contributed by atoms with Crippen molar-refractivity contribution in [3.63, 3.8) is 0 Å². The molecule has 0 aromatic carbocycles. The molecule has 0 fully saturated rings. The molecule has 2 aromatic rings. The van der Waals surface area contributed by atoms with Gasteiger partial charge in [0, 0.05) is 17.6 Å². The van der Waals surface area contributed by atoms with Crippen LogP contribution < -0.4 is 5.32 Å². The first kappa shape index (κ1) is 12.2. The molecule has 8 heteroatoms. The molecular formula is C10H8F3N3O2. The lowest BCUT2D eigenvalue weighted by Crippen LogP contribution is -2.11. The van der Waals surface area contributed by atoms with Crippen LogP contribution in [0.1, 0.15) is 5.69 Å². The highest BCUT2D eigenvalue weighted by Crippen LogP contribution is 2.31. The molecule has 2 N–H and O–H groups in total. The number of carbonyl (C=O) groups is 1. The molecule has 0 saturated heterocycles. The number of anilines is 1. The van der Waals surface area contributed by atoms with Crippen LogP contribution in [0.15, 0.2) is 18.3 Å². The Morgan fingerprint density at radius 1 is 1.44 bits per heavy atom. The van der Waals surface area contributed by atoms with Crippen molar-refractivity contribution in [3.05, 3.63) is 24.0 Å². The van der Waals surface area contributed by atoms with Gasteiger partial charge in [0.15, 0.2) is 0 Å². The van der Waals surface area contributed by atoms with Crippen molar-refractivity contribution in [3.8, 4) is 0 Å². The molecule has 2 rings (SSSR count). The van der Waals surface area contributed by atoms with E-state index in [0.717, 1.165) is 6.07 Å². The van der Waals surface area contributed by atoms with Gasteiger partial charge in [0.1, 0.15) is 11.5 Å². The number of aromatic amines is 1. The third-order valence-electron chi connectivity index (χ3n) is 2.22. The van der Waals surface area contributed by atoms with Crippen LogP contribution in [-0.4, -0.2) is 23.2 Å². The van der Waals surface area contributed by atoms with E-state index in [2.05, 4.69) is 20.0 Å². The summed E-state index contributed by atoms with van der Waals surface area (Å²) in [5.41, 5.74) is -0.641. The summed E-state index contributed by atoms with van der Waals surface area (Å²) < 4.78 is 41.7. The summed E-state index contributed by atoms with van der Waals surface area (Å²) in [6.07, 6.45) is -3.97. The van der Waals surface area contributed by atoms with Gasteiger partial charge in [0.2, 0.25) is 0 Å². The number of amides is 1. The predicted octanol–water partition coefficient (Wildman–Crippen LogP) is 2.76. The van der Waals surface area contributed by atoms with Crippen LogP contribution in [-0.2, 0) is 10.9 Å². The standard InChI is InChI=1S/C10H8F3N3O2/c1-18-9(17)16-8-3-6-5(4-14-8)2-7(15-6)10(11,12)13/h2-4,15H,1H3,(H,14,16,17). The molecule has 0 saturated carbocycles. The molecule has 0 unspecified atom stereocenters. The SMILES string of the molecule is COC(=O)Nc1cc2[nH]c(C(F)(F)F)cc2cn1. The number of alkyl halides is 3. The van der Waals surface area contributed by atoms with Gasteiger partial charge in [-0.15, -0.1) is 0 Å². The van der Waals surface area contributed by atoms with Gasteiger partial charge in [-0.05, 0) is 6.07 Å². The Kier molecular flexibility index (Phi) is 2.85. The summed E-state index contributed by atoms with van der Waals surface area (Å²) in [7, 11) is 1.17. The first-order valence-electron chi connectivity index (χ1n) is 4.81. The van der Waals surface area contributed by atoms with Crippen LogP contribution in [0, 0.1) is 0 Å². The number of nitrogens with zero attached hydrogens (tertiary/aromatic N) is 1. The van der Waals surface area contributed by atoms with Gasteiger partial charge in [-0.3, -0.25) is 5.32 Å². The van der Waals surface area contributed by atoms with E-state index in [0.29, 0.717) is 5.39 Å². The lowest BCUT2D eigenvalue weighted by atomic mass is 10.3. The third kappa shape index (κ3) is 2.36. The monoisotopic (exact) mass is 259 g/mol. The van der Waals surface area contributed by atoms with Crippen molar-refractivity contribution in [1.82, 2.24) is 9.97 Å². The van der Waals surface area contributed by atoms with E-state index in [4.69, 9.17) is 0 Å². The largest absolute Gasteiger partial charge is 0.453 e. The van der Waals surface area contributed by atoms with Gasteiger partial charge in [-0.25, -0.2) is 9.78 Å². The zero-order valence-electron chi connectivity index (χ0n) is 9.13. The number of fused-ring (bicyclic) bond motifs is 1. The number of hydrogen-bond acceptors (Lipinski definition) is 3. The smallest absolute Gasteiger partial charge is 0.431 e. The van der Waals surface area contributed by atoms with Crippen molar-refractivity contribution in [2.75, 3.05) is 12.4 Å². The second-order valence-electron chi connectivity index (χ2n) is 3.45. The molecule has 0 aliphatic heterocycles. The quantitative estimate of drug-likeness (QED) is 0.827. The Bertz CT molecular complexity index is 592. The van der Waals surface area contributed by atoms with Crippen molar-refractivity contribution in [2.24, 2.45) is 0 Å². The second kappa shape index (κ2) is 4.21. The lowest BCUT2D eigenvalue weighted by Gasteiger charge is -2.02. The summed E-state index contributed by atoms with van der Waals surface area (Å²) >= 11 is 0. The molecule has 0 aliphatic rings. The minimum absolute atomic E-state index is 0.102. The van der Waals surface area contributed by atoms with E-state index in [1.165, 1.54) is 19.4 Å². The predicted molar refractivity (Wildman–Crippen MR) is 57.1 cm³/mol. The number of methoxy groups -OCH3 is 1.